The molecule has 1 N–H and O–H groups in total. The topological polar surface area (TPSA) is 85.3 Å². The van der Waals surface area contributed by atoms with Crippen LogP contribution in [0.15, 0.2) is 36.4 Å². The van der Waals surface area contributed by atoms with Crippen LogP contribution >= 0.6 is 23.2 Å². The number of carbonyl (C=O) groups excluding carboxylic acids is 1. The Labute approximate surface area is 203 Å². The van der Waals surface area contributed by atoms with Crippen LogP contribution in [0.3, 0.4) is 0 Å². The summed E-state index contributed by atoms with van der Waals surface area (Å²) in [5.74, 6) is 0.0425. The van der Waals surface area contributed by atoms with Gasteiger partial charge in [0.1, 0.15) is 19.0 Å². The van der Waals surface area contributed by atoms with Crippen LogP contribution in [0, 0.1) is 12.8 Å². The molecule has 7 nitrogen and oxygen atoms in total. The van der Waals surface area contributed by atoms with Gasteiger partial charge < -0.3 is 24.2 Å². The van der Waals surface area contributed by atoms with Crippen molar-refractivity contribution < 1.29 is 28.9 Å². The zero-order valence-corrected chi connectivity index (χ0v) is 20.1. The fourth-order valence-electron chi connectivity index (χ4n) is 3.95. The van der Waals surface area contributed by atoms with Gasteiger partial charge in [-0.15, -0.1) is 0 Å². The van der Waals surface area contributed by atoms with Gasteiger partial charge in [-0.3, -0.25) is 4.79 Å². The van der Waals surface area contributed by atoms with Gasteiger partial charge in [0, 0.05) is 19.0 Å². The van der Waals surface area contributed by atoms with Crippen LogP contribution < -0.4 is 9.47 Å². The van der Waals surface area contributed by atoms with Gasteiger partial charge in [0.2, 0.25) is 0 Å². The summed E-state index contributed by atoms with van der Waals surface area (Å²) >= 11 is 12.4. The highest BCUT2D eigenvalue weighted by atomic mass is 35.5. The number of benzene rings is 2. The number of piperidine rings is 1. The first-order valence-corrected chi connectivity index (χ1v) is 11.5. The minimum absolute atomic E-state index is 0.122. The molecule has 0 bridgehead atoms. The summed E-state index contributed by atoms with van der Waals surface area (Å²) in [4.78, 5) is 25.1. The van der Waals surface area contributed by atoms with E-state index in [9.17, 15) is 14.7 Å². The first-order valence-electron chi connectivity index (χ1n) is 10.8. The van der Waals surface area contributed by atoms with Gasteiger partial charge >= 0.3 is 12.1 Å². The second kappa shape index (κ2) is 11.5. The summed E-state index contributed by atoms with van der Waals surface area (Å²) in [6.07, 6.45) is -0.482. The molecule has 9 heteroatoms. The predicted octanol–water partition coefficient (Wildman–Crippen LogP) is 5.41. The highest BCUT2D eigenvalue weighted by Gasteiger charge is 2.37. The molecule has 0 spiro atoms. The van der Waals surface area contributed by atoms with Crippen molar-refractivity contribution in [3.8, 4) is 11.5 Å². The molecule has 0 aliphatic carbocycles. The molecular weight excluding hydrogens is 469 g/mol. The number of rotatable bonds is 8. The van der Waals surface area contributed by atoms with Gasteiger partial charge in [-0.25, -0.2) is 4.79 Å². The summed E-state index contributed by atoms with van der Waals surface area (Å²) in [6.45, 7) is 4.95. The van der Waals surface area contributed by atoms with Crippen LogP contribution in [0.4, 0.5) is 4.79 Å². The lowest BCUT2D eigenvalue weighted by Crippen LogP contribution is -2.45. The number of halogens is 2. The number of hydrogen-bond donors (Lipinski definition) is 1. The molecule has 0 saturated carbocycles. The lowest BCUT2D eigenvalue weighted by atomic mass is 9.80. The summed E-state index contributed by atoms with van der Waals surface area (Å²) in [7, 11) is 0. The molecule has 0 aromatic heterocycles. The van der Waals surface area contributed by atoms with Crippen LogP contribution in [0.1, 0.15) is 30.4 Å². The van der Waals surface area contributed by atoms with Gasteiger partial charge in [0.05, 0.1) is 22.6 Å². The standard InChI is InChI=1S/C24H27Cl2NO6/c1-3-31-23(28)19-14-27(24(29)30)9-8-18(19)16-4-6-17(7-5-16)32-10-11-33-22-20(25)12-15(2)13-21(22)26/h4-7,12-13,18-19H,3,8-11,14H2,1-2H3,(H,29,30). The number of aryl methyl sites for hydroxylation is 1. The number of esters is 1. The maximum atomic E-state index is 12.5. The number of hydrogen-bond acceptors (Lipinski definition) is 5. The van der Waals surface area contributed by atoms with Crippen LogP contribution in [-0.2, 0) is 9.53 Å². The van der Waals surface area contributed by atoms with Crippen molar-refractivity contribution in [2.45, 2.75) is 26.2 Å². The van der Waals surface area contributed by atoms with E-state index in [0.29, 0.717) is 41.1 Å². The Bertz CT molecular complexity index is 958. The minimum Gasteiger partial charge on any atom is -0.490 e. The monoisotopic (exact) mass is 495 g/mol. The van der Waals surface area contributed by atoms with E-state index in [0.717, 1.165) is 11.1 Å². The lowest BCUT2D eigenvalue weighted by Gasteiger charge is -2.36. The van der Waals surface area contributed by atoms with E-state index < -0.39 is 12.0 Å². The fraction of sp³-hybridized carbons (Fsp3) is 0.417. The zero-order valence-electron chi connectivity index (χ0n) is 18.6. The number of carbonyl (C=O) groups is 2. The summed E-state index contributed by atoms with van der Waals surface area (Å²) in [5, 5.41) is 10.2. The van der Waals surface area contributed by atoms with Crippen molar-refractivity contribution in [3.63, 3.8) is 0 Å². The molecule has 2 aromatic rings. The van der Waals surface area contributed by atoms with Gasteiger partial charge in [0.15, 0.2) is 5.75 Å². The lowest BCUT2D eigenvalue weighted by molar-refractivity contribution is -0.150. The van der Waals surface area contributed by atoms with Crippen molar-refractivity contribution in [3.05, 3.63) is 57.6 Å². The molecule has 1 aliphatic heterocycles. The van der Waals surface area contributed by atoms with Crippen LogP contribution in [0.2, 0.25) is 10.0 Å². The quantitative estimate of drug-likeness (QED) is 0.389. The fourth-order valence-corrected chi connectivity index (χ4v) is 4.66. The van der Waals surface area contributed by atoms with Gasteiger partial charge in [-0.1, -0.05) is 35.3 Å². The third-order valence-electron chi connectivity index (χ3n) is 5.52. The normalized spacial score (nSPS) is 18.0. The van der Waals surface area contributed by atoms with Crippen molar-refractivity contribution in [2.24, 2.45) is 5.92 Å². The second-order valence-electron chi connectivity index (χ2n) is 7.81. The van der Waals surface area contributed by atoms with Crippen molar-refractivity contribution in [1.29, 1.82) is 0 Å². The van der Waals surface area contributed by atoms with E-state index in [-0.39, 0.29) is 31.6 Å². The number of carboxylic acid groups (broad SMARTS) is 1. The molecule has 0 radical (unpaired) electrons. The Morgan fingerprint density at radius 3 is 2.33 bits per heavy atom. The average Bonchev–Trinajstić information content (AvgIpc) is 2.78. The van der Waals surface area contributed by atoms with Gasteiger partial charge in [-0.05, 0) is 55.7 Å². The summed E-state index contributed by atoms with van der Waals surface area (Å²) in [5.41, 5.74) is 1.90. The van der Waals surface area contributed by atoms with Gasteiger partial charge in [0.25, 0.3) is 0 Å². The molecule has 1 fully saturated rings. The average molecular weight is 496 g/mol. The van der Waals surface area contributed by atoms with E-state index in [1.807, 2.05) is 31.2 Å². The molecule has 33 heavy (non-hydrogen) atoms. The smallest absolute Gasteiger partial charge is 0.407 e. The summed E-state index contributed by atoms with van der Waals surface area (Å²) in [6, 6.07) is 11.0. The van der Waals surface area contributed by atoms with E-state index in [2.05, 4.69) is 0 Å². The van der Waals surface area contributed by atoms with Crippen molar-refractivity contribution in [1.82, 2.24) is 4.90 Å². The van der Waals surface area contributed by atoms with E-state index in [1.54, 1.807) is 19.1 Å². The molecular formula is C24H27Cl2NO6. The molecule has 178 valence electrons. The second-order valence-corrected chi connectivity index (χ2v) is 8.62. The van der Waals surface area contributed by atoms with E-state index in [4.69, 9.17) is 37.4 Å². The predicted molar refractivity (Wildman–Crippen MR) is 126 cm³/mol. The number of likely N-dealkylation sites (tertiary alicyclic amines) is 1. The number of ether oxygens (including phenoxy) is 3. The molecule has 2 unspecified atom stereocenters. The molecule has 1 amide bonds. The highest BCUT2D eigenvalue weighted by molar-refractivity contribution is 6.37. The maximum absolute atomic E-state index is 12.5. The SMILES string of the molecule is CCOC(=O)C1CN(C(=O)O)CCC1c1ccc(OCCOc2c(Cl)cc(C)cc2Cl)cc1. The Morgan fingerprint density at radius 2 is 1.73 bits per heavy atom. The van der Waals surface area contributed by atoms with Crippen LogP contribution in [-0.4, -0.2) is 55.0 Å². The van der Waals surface area contributed by atoms with E-state index in [1.165, 1.54) is 4.90 Å². The Morgan fingerprint density at radius 1 is 1.09 bits per heavy atom. The molecule has 3 rings (SSSR count). The van der Waals surface area contributed by atoms with Crippen LogP contribution in [0.25, 0.3) is 0 Å². The summed E-state index contributed by atoms with van der Waals surface area (Å²) < 4.78 is 16.6. The number of amides is 1. The minimum atomic E-state index is -1.03. The maximum Gasteiger partial charge on any atom is 0.407 e. The molecule has 1 aliphatic rings. The first kappa shape index (κ1) is 25.0. The molecule has 1 saturated heterocycles. The van der Waals surface area contributed by atoms with E-state index >= 15 is 0 Å². The largest absolute Gasteiger partial charge is 0.490 e. The highest BCUT2D eigenvalue weighted by Crippen LogP contribution is 2.35. The van der Waals surface area contributed by atoms with Gasteiger partial charge in [-0.2, -0.15) is 0 Å². The Balaban J connectivity index is 1.58. The van der Waals surface area contributed by atoms with Crippen LogP contribution in [0.5, 0.6) is 11.5 Å². The first-order chi connectivity index (χ1) is 15.8. The number of nitrogens with zero attached hydrogens (tertiary/aromatic N) is 1. The van der Waals surface area contributed by atoms with Crippen molar-refractivity contribution >= 4 is 35.3 Å². The molecule has 1 heterocycles. The Kier molecular flexibility index (Phi) is 8.69. The third kappa shape index (κ3) is 6.45. The Hall–Kier alpha value is -2.64. The zero-order chi connectivity index (χ0) is 24.0. The molecule has 2 aromatic carbocycles. The third-order valence-corrected chi connectivity index (χ3v) is 6.08. The molecule has 2 atom stereocenters. The van der Waals surface area contributed by atoms with Crippen molar-refractivity contribution in [2.75, 3.05) is 32.9 Å².